The van der Waals surface area contributed by atoms with Crippen LogP contribution in [0.4, 0.5) is 5.69 Å². The number of hydrogen-bond donors (Lipinski definition) is 2. The average molecular weight is 443 g/mol. The number of nitrogens with one attached hydrogen (secondary N) is 1. The highest BCUT2D eigenvalue weighted by Gasteiger charge is 2.30. The Kier molecular flexibility index (Phi) is 5.82. The van der Waals surface area contributed by atoms with Crippen molar-refractivity contribution in [1.29, 1.82) is 0 Å². The number of halogens is 1. The van der Waals surface area contributed by atoms with Gasteiger partial charge in [-0.3, -0.25) is 14.1 Å². The second-order valence-corrected chi connectivity index (χ2v) is 8.90. The molecule has 1 aliphatic carbocycles. The third-order valence-electron chi connectivity index (χ3n) is 5.57. The van der Waals surface area contributed by atoms with E-state index in [9.17, 15) is 9.00 Å². The third-order valence-corrected chi connectivity index (χ3v) is 6.23. The lowest BCUT2D eigenvalue weighted by Gasteiger charge is -2.09. The molecular weight excluding hydrogens is 420 g/mol. The molecule has 0 amide bonds. The number of hydrogen-bond acceptors (Lipinski definition) is 2. The summed E-state index contributed by atoms with van der Waals surface area (Å²) in [4.78, 5) is 13.2. The second-order valence-electron chi connectivity index (χ2n) is 7.76. The van der Waals surface area contributed by atoms with Gasteiger partial charge in [-0.25, -0.2) is 4.21 Å². The van der Waals surface area contributed by atoms with Crippen LogP contribution in [0.1, 0.15) is 35.3 Å². The molecule has 3 aromatic rings. The predicted octanol–water partition coefficient (Wildman–Crippen LogP) is 5.85. The number of carbonyl (C=O) groups excluding carboxylic acids is 1. The summed E-state index contributed by atoms with van der Waals surface area (Å²) in [6, 6.07) is 14.9. The predicted molar refractivity (Wildman–Crippen MR) is 122 cm³/mol. The van der Waals surface area contributed by atoms with Crippen LogP contribution in [0.15, 0.2) is 48.5 Å². The maximum absolute atomic E-state index is 13.2. The van der Waals surface area contributed by atoms with Gasteiger partial charge in [-0.05, 0) is 66.6 Å². The molecule has 4 rings (SSSR count). The van der Waals surface area contributed by atoms with Gasteiger partial charge in [0, 0.05) is 29.7 Å². The van der Waals surface area contributed by atoms with Gasteiger partial charge in [-0.15, -0.1) is 0 Å². The van der Waals surface area contributed by atoms with Crippen LogP contribution in [0.25, 0.3) is 22.4 Å². The number of carbonyl (C=O) groups is 1. The summed E-state index contributed by atoms with van der Waals surface area (Å²) in [7, 11) is 1.94. The summed E-state index contributed by atoms with van der Waals surface area (Å²) in [5.41, 5.74) is 6.05. The van der Waals surface area contributed by atoms with Crippen molar-refractivity contribution in [2.45, 2.75) is 26.2 Å². The monoisotopic (exact) mass is 442 g/mol. The SMILES string of the molecule is Cc1c(-c2ccc(NS(=O)O)cc2)c(C(=O)CC2CC2)n(C)c1-c1ccc(Cl)cc1. The largest absolute Gasteiger partial charge is 0.340 e. The summed E-state index contributed by atoms with van der Waals surface area (Å²) in [6.45, 7) is 2.03. The van der Waals surface area contributed by atoms with E-state index in [-0.39, 0.29) is 5.78 Å². The number of aromatic nitrogens is 1. The molecule has 7 heteroatoms. The number of nitrogens with zero attached hydrogens (tertiary/aromatic N) is 1. The van der Waals surface area contributed by atoms with Crippen molar-refractivity contribution in [1.82, 2.24) is 4.57 Å². The number of rotatable bonds is 7. The van der Waals surface area contributed by atoms with Crippen LogP contribution in [0.2, 0.25) is 5.02 Å². The van der Waals surface area contributed by atoms with E-state index in [1.165, 1.54) is 0 Å². The molecule has 0 radical (unpaired) electrons. The Morgan fingerprint density at radius 3 is 2.30 bits per heavy atom. The quantitative estimate of drug-likeness (QED) is 0.356. The molecule has 1 unspecified atom stereocenters. The molecule has 1 saturated carbocycles. The fourth-order valence-corrected chi connectivity index (χ4v) is 4.47. The van der Waals surface area contributed by atoms with Gasteiger partial charge in [-0.1, -0.05) is 35.9 Å². The Labute approximate surface area is 183 Å². The van der Waals surface area contributed by atoms with E-state index in [1.54, 1.807) is 12.1 Å². The molecule has 2 aromatic carbocycles. The van der Waals surface area contributed by atoms with Crippen LogP contribution >= 0.6 is 11.6 Å². The van der Waals surface area contributed by atoms with Crippen molar-refractivity contribution >= 4 is 34.3 Å². The Morgan fingerprint density at radius 1 is 1.13 bits per heavy atom. The first-order valence-electron chi connectivity index (χ1n) is 9.81. The first kappa shape index (κ1) is 20.8. The van der Waals surface area contributed by atoms with Crippen LogP contribution in [-0.4, -0.2) is 19.1 Å². The molecule has 1 atom stereocenters. The van der Waals surface area contributed by atoms with Crippen molar-refractivity contribution in [3.8, 4) is 22.4 Å². The molecule has 0 aliphatic heterocycles. The number of Topliss-reactive ketones (excluding diaryl/α,β-unsaturated/α-hetero) is 1. The summed E-state index contributed by atoms with van der Waals surface area (Å²) < 4.78 is 24.5. The van der Waals surface area contributed by atoms with E-state index in [1.807, 2.05) is 54.9 Å². The van der Waals surface area contributed by atoms with Gasteiger partial charge in [0.1, 0.15) is 0 Å². The minimum absolute atomic E-state index is 0.150. The molecule has 2 N–H and O–H groups in total. The number of benzene rings is 2. The zero-order valence-electron chi connectivity index (χ0n) is 16.8. The topological polar surface area (TPSA) is 71.3 Å². The summed E-state index contributed by atoms with van der Waals surface area (Å²) in [6.07, 6.45) is 2.80. The minimum atomic E-state index is -2.13. The zero-order valence-corrected chi connectivity index (χ0v) is 18.4. The first-order valence-corrected chi connectivity index (χ1v) is 11.3. The van der Waals surface area contributed by atoms with Gasteiger partial charge in [0.25, 0.3) is 11.3 Å². The third kappa shape index (κ3) is 4.21. The van der Waals surface area contributed by atoms with Crippen LogP contribution in [0.3, 0.4) is 0 Å². The van der Waals surface area contributed by atoms with Gasteiger partial charge < -0.3 is 4.57 Å². The van der Waals surface area contributed by atoms with Gasteiger partial charge in [0.15, 0.2) is 5.78 Å². The minimum Gasteiger partial charge on any atom is -0.340 e. The van der Waals surface area contributed by atoms with E-state index in [0.717, 1.165) is 40.8 Å². The highest BCUT2D eigenvalue weighted by Crippen LogP contribution is 2.40. The number of ketones is 1. The fourth-order valence-electron chi connectivity index (χ4n) is 4.01. The van der Waals surface area contributed by atoms with Crippen LogP contribution in [0.5, 0.6) is 0 Å². The molecule has 30 heavy (non-hydrogen) atoms. The molecular formula is C23H23ClN2O3S. The lowest BCUT2D eigenvalue weighted by molar-refractivity contribution is 0.0969. The zero-order chi connectivity index (χ0) is 21.4. The maximum Gasteiger partial charge on any atom is 0.259 e. The molecule has 0 bridgehead atoms. The Hall–Kier alpha value is -2.41. The molecule has 0 saturated heterocycles. The van der Waals surface area contributed by atoms with Crippen molar-refractivity contribution in [2.24, 2.45) is 13.0 Å². The fraction of sp³-hybridized carbons (Fsp3) is 0.261. The Bertz CT molecular complexity index is 1120. The second kappa shape index (κ2) is 8.38. The van der Waals surface area contributed by atoms with Crippen molar-refractivity contribution in [2.75, 3.05) is 4.72 Å². The van der Waals surface area contributed by atoms with Crippen molar-refractivity contribution in [3.63, 3.8) is 0 Å². The lowest BCUT2D eigenvalue weighted by Crippen LogP contribution is -2.09. The van der Waals surface area contributed by atoms with Gasteiger partial charge in [-0.2, -0.15) is 0 Å². The summed E-state index contributed by atoms with van der Waals surface area (Å²) >= 11 is 3.94. The molecule has 1 aromatic heterocycles. The van der Waals surface area contributed by atoms with E-state index in [0.29, 0.717) is 28.7 Å². The highest BCUT2D eigenvalue weighted by atomic mass is 35.5. The molecule has 0 spiro atoms. The molecule has 1 aliphatic rings. The summed E-state index contributed by atoms with van der Waals surface area (Å²) in [5, 5.41) is 0.667. The van der Waals surface area contributed by atoms with Crippen LogP contribution < -0.4 is 4.72 Å². The lowest BCUT2D eigenvalue weighted by atomic mass is 9.96. The Balaban J connectivity index is 1.84. The average Bonchev–Trinajstić information content (AvgIpc) is 3.47. The van der Waals surface area contributed by atoms with Crippen LogP contribution in [-0.2, 0) is 18.3 Å². The van der Waals surface area contributed by atoms with Crippen molar-refractivity contribution < 1.29 is 13.6 Å². The smallest absolute Gasteiger partial charge is 0.259 e. The van der Waals surface area contributed by atoms with Crippen LogP contribution in [0, 0.1) is 12.8 Å². The summed E-state index contributed by atoms with van der Waals surface area (Å²) in [5.74, 6) is 0.641. The normalized spacial score (nSPS) is 14.5. The standard InChI is InChI=1S/C23H23ClN2O3S/c1-14-21(16-7-11-19(12-8-16)25-30(28)29)23(20(27)13-15-3-4-15)26(2)22(14)17-5-9-18(24)10-6-17/h5-12,15,25H,3-4,13H2,1-2H3,(H,28,29). The Morgan fingerprint density at radius 2 is 1.73 bits per heavy atom. The van der Waals surface area contributed by atoms with Gasteiger partial charge in [0.05, 0.1) is 11.4 Å². The molecule has 1 fully saturated rings. The molecule has 5 nitrogen and oxygen atoms in total. The van der Waals surface area contributed by atoms with E-state index < -0.39 is 11.3 Å². The first-order chi connectivity index (χ1) is 14.3. The molecule has 156 valence electrons. The van der Waals surface area contributed by atoms with Gasteiger partial charge in [0.2, 0.25) is 0 Å². The van der Waals surface area contributed by atoms with Gasteiger partial charge >= 0.3 is 0 Å². The van der Waals surface area contributed by atoms with Crippen molar-refractivity contribution in [3.05, 3.63) is 64.8 Å². The van der Waals surface area contributed by atoms with E-state index in [2.05, 4.69) is 4.72 Å². The molecule has 1 heterocycles. The number of anilines is 1. The maximum atomic E-state index is 13.2. The van der Waals surface area contributed by atoms with E-state index in [4.69, 9.17) is 16.2 Å². The highest BCUT2D eigenvalue weighted by molar-refractivity contribution is 7.80. The van der Waals surface area contributed by atoms with E-state index >= 15 is 0 Å².